The fourth-order valence-corrected chi connectivity index (χ4v) is 2.68. The highest BCUT2D eigenvalue weighted by Gasteiger charge is 2.49. The van der Waals surface area contributed by atoms with E-state index in [0.29, 0.717) is 18.7 Å². The molecule has 0 radical (unpaired) electrons. The second-order valence-corrected chi connectivity index (χ2v) is 7.13. The predicted octanol–water partition coefficient (Wildman–Crippen LogP) is 2.34. The van der Waals surface area contributed by atoms with E-state index in [1.165, 1.54) is 12.0 Å². The highest BCUT2D eigenvalue weighted by Crippen LogP contribution is 2.30. The van der Waals surface area contributed by atoms with Gasteiger partial charge in [-0.05, 0) is 26.8 Å². The first-order chi connectivity index (χ1) is 11.7. The van der Waals surface area contributed by atoms with E-state index in [1.807, 2.05) is 18.2 Å². The molecule has 0 saturated carbocycles. The number of likely N-dealkylation sites (tertiary alicyclic amines) is 1. The molecular weight excluding hydrogens is 324 g/mol. The van der Waals surface area contributed by atoms with E-state index in [1.54, 1.807) is 26.8 Å². The van der Waals surface area contributed by atoms with Gasteiger partial charge in [0.05, 0.1) is 20.3 Å². The molecule has 1 unspecified atom stereocenters. The molecule has 0 bridgehead atoms. The number of hydrogen-bond donors (Lipinski definition) is 1. The SMILES string of the molecule is COC(=O)C1(OCc2ccccc2N)CCN(C(=O)OC(C)(C)C)C1. The molecule has 25 heavy (non-hydrogen) atoms. The lowest BCUT2D eigenvalue weighted by Gasteiger charge is -2.28. The van der Waals surface area contributed by atoms with Gasteiger partial charge in [0.25, 0.3) is 0 Å². The number of ether oxygens (including phenoxy) is 3. The number of carbonyl (C=O) groups is 2. The maximum atomic E-state index is 12.3. The van der Waals surface area contributed by atoms with Crippen LogP contribution in [0.15, 0.2) is 24.3 Å². The van der Waals surface area contributed by atoms with Crippen molar-refractivity contribution in [2.24, 2.45) is 0 Å². The van der Waals surface area contributed by atoms with Crippen molar-refractivity contribution < 1.29 is 23.8 Å². The molecule has 7 nitrogen and oxygen atoms in total. The minimum absolute atomic E-state index is 0.0846. The monoisotopic (exact) mass is 350 g/mol. The van der Waals surface area contributed by atoms with Gasteiger partial charge >= 0.3 is 12.1 Å². The molecular formula is C18H26N2O5. The van der Waals surface area contributed by atoms with E-state index in [2.05, 4.69) is 0 Å². The Labute approximate surface area is 148 Å². The van der Waals surface area contributed by atoms with E-state index in [-0.39, 0.29) is 13.2 Å². The first-order valence-electron chi connectivity index (χ1n) is 8.20. The number of nitrogen functional groups attached to an aromatic ring is 1. The Kier molecular flexibility index (Phi) is 5.57. The topological polar surface area (TPSA) is 91.1 Å². The van der Waals surface area contributed by atoms with E-state index in [9.17, 15) is 9.59 Å². The second kappa shape index (κ2) is 7.31. The van der Waals surface area contributed by atoms with Crippen LogP contribution in [0.3, 0.4) is 0 Å². The highest BCUT2D eigenvalue weighted by atomic mass is 16.6. The van der Waals surface area contributed by atoms with Crippen molar-refractivity contribution >= 4 is 17.7 Å². The first kappa shape index (κ1) is 19.1. The molecule has 2 N–H and O–H groups in total. The number of benzene rings is 1. The summed E-state index contributed by atoms with van der Waals surface area (Å²) in [5.74, 6) is -0.506. The van der Waals surface area contributed by atoms with Gasteiger partial charge < -0.3 is 24.8 Å². The van der Waals surface area contributed by atoms with Crippen molar-refractivity contribution in [3.05, 3.63) is 29.8 Å². The van der Waals surface area contributed by atoms with Crippen molar-refractivity contribution in [3.8, 4) is 0 Å². The summed E-state index contributed by atoms with van der Waals surface area (Å²) in [6, 6.07) is 7.28. The van der Waals surface area contributed by atoms with E-state index in [4.69, 9.17) is 19.9 Å². The van der Waals surface area contributed by atoms with Crippen molar-refractivity contribution in [1.82, 2.24) is 4.90 Å². The van der Waals surface area contributed by atoms with Crippen LogP contribution in [0, 0.1) is 0 Å². The Morgan fingerprint density at radius 2 is 1.96 bits per heavy atom. The average Bonchev–Trinajstić information content (AvgIpc) is 2.98. The Balaban J connectivity index is 2.10. The first-order valence-corrected chi connectivity index (χ1v) is 8.20. The molecule has 138 valence electrons. The van der Waals surface area contributed by atoms with E-state index >= 15 is 0 Å². The number of anilines is 1. The minimum Gasteiger partial charge on any atom is -0.467 e. The summed E-state index contributed by atoms with van der Waals surface area (Å²) >= 11 is 0. The van der Waals surface area contributed by atoms with Gasteiger partial charge in [-0.15, -0.1) is 0 Å². The standard InChI is InChI=1S/C18H26N2O5/c1-17(2,3)25-16(22)20-10-9-18(12-20,15(21)23-4)24-11-13-7-5-6-8-14(13)19/h5-8H,9-12,19H2,1-4H3. The molecule has 0 aliphatic carbocycles. The number of carbonyl (C=O) groups excluding carboxylic acids is 2. The maximum absolute atomic E-state index is 12.3. The summed E-state index contributed by atoms with van der Waals surface area (Å²) in [7, 11) is 1.31. The van der Waals surface area contributed by atoms with Gasteiger partial charge in [-0.2, -0.15) is 0 Å². The van der Waals surface area contributed by atoms with Crippen molar-refractivity contribution in [1.29, 1.82) is 0 Å². The van der Waals surface area contributed by atoms with Crippen LogP contribution < -0.4 is 5.73 Å². The molecule has 0 aromatic heterocycles. The lowest BCUT2D eigenvalue weighted by molar-refractivity contribution is -0.169. The summed E-state index contributed by atoms with van der Waals surface area (Å²) in [4.78, 5) is 26.1. The summed E-state index contributed by atoms with van der Waals surface area (Å²) in [6.07, 6.45) is -0.132. The number of esters is 1. The zero-order chi connectivity index (χ0) is 18.7. The molecule has 2 rings (SSSR count). The average molecular weight is 350 g/mol. The van der Waals surface area contributed by atoms with Crippen LogP contribution in [-0.4, -0.2) is 48.4 Å². The molecule has 1 aromatic rings. The lowest BCUT2D eigenvalue weighted by Crippen LogP contribution is -2.46. The molecule has 7 heteroatoms. The minimum atomic E-state index is -1.21. The Morgan fingerprint density at radius 3 is 2.56 bits per heavy atom. The fraction of sp³-hybridized carbons (Fsp3) is 0.556. The molecule has 1 amide bonds. The summed E-state index contributed by atoms with van der Waals surface area (Å²) < 4.78 is 16.2. The number of amides is 1. The van der Waals surface area contributed by atoms with Gasteiger partial charge in [0, 0.05) is 24.2 Å². The van der Waals surface area contributed by atoms with Crippen LogP contribution >= 0.6 is 0 Å². The third-order valence-corrected chi connectivity index (χ3v) is 4.00. The van der Waals surface area contributed by atoms with Crippen LogP contribution in [0.1, 0.15) is 32.8 Å². The van der Waals surface area contributed by atoms with Crippen molar-refractivity contribution in [2.45, 2.75) is 45.0 Å². The fourth-order valence-electron chi connectivity index (χ4n) is 2.68. The molecule has 1 aliphatic rings. The number of rotatable bonds is 4. The third-order valence-electron chi connectivity index (χ3n) is 4.00. The lowest BCUT2D eigenvalue weighted by atomic mass is 10.0. The zero-order valence-electron chi connectivity index (χ0n) is 15.2. The largest absolute Gasteiger partial charge is 0.467 e. The van der Waals surface area contributed by atoms with Crippen molar-refractivity contribution in [3.63, 3.8) is 0 Å². The highest BCUT2D eigenvalue weighted by molar-refractivity contribution is 5.82. The maximum Gasteiger partial charge on any atom is 0.410 e. The molecule has 1 atom stereocenters. The summed E-state index contributed by atoms with van der Waals surface area (Å²) in [5.41, 5.74) is 5.47. The molecule has 0 spiro atoms. The summed E-state index contributed by atoms with van der Waals surface area (Å²) in [6.45, 7) is 5.98. The molecule has 1 aliphatic heterocycles. The van der Waals surface area contributed by atoms with Crippen LogP contribution in [-0.2, 0) is 25.6 Å². The number of nitrogens with zero attached hydrogens (tertiary/aromatic N) is 1. The van der Waals surface area contributed by atoms with Gasteiger partial charge in [0.1, 0.15) is 5.60 Å². The van der Waals surface area contributed by atoms with Crippen LogP contribution in [0.25, 0.3) is 0 Å². The van der Waals surface area contributed by atoms with Crippen molar-refractivity contribution in [2.75, 3.05) is 25.9 Å². The van der Waals surface area contributed by atoms with Crippen LogP contribution in [0.2, 0.25) is 0 Å². The number of para-hydroxylation sites is 1. The number of nitrogens with two attached hydrogens (primary N) is 1. The molecule has 1 heterocycles. The predicted molar refractivity (Wildman–Crippen MR) is 92.8 cm³/mol. The van der Waals surface area contributed by atoms with Crippen LogP contribution in [0.5, 0.6) is 0 Å². The second-order valence-electron chi connectivity index (χ2n) is 7.13. The molecule has 1 aromatic carbocycles. The number of methoxy groups -OCH3 is 1. The van der Waals surface area contributed by atoms with Gasteiger partial charge in [-0.25, -0.2) is 9.59 Å². The summed E-state index contributed by atoms with van der Waals surface area (Å²) in [5, 5.41) is 0. The Hall–Kier alpha value is -2.28. The van der Waals surface area contributed by atoms with Gasteiger partial charge in [-0.3, -0.25) is 0 Å². The Bertz CT molecular complexity index is 641. The van der Waals surface area contributed by atoms with Gasteiger partial charge in [0.15, 0.2) is 5.60 Å². The van der Waals surface area contributed by atoms with Gasteiger partial charge in [-0.1, -0.05) is 18.2 Å². The van der Waals surface area contributed by atoms with E-state index < -0.39 is 23.3 Å². The quantitative estimate of drug-likeness (QED) is 0.662. The number of hydrogen-bond acceptors (Lipinski definition) is 6. The Morgan fingerprint density at radius 1 is 1.28 bits per heavy atom. The molecule has 1 saturated heterocycles. The van der Waals surface area contributed by atoms with Crippen LogP contribution in [0.4, 0.5) is 10.5 Å². The normalized spacial score (nSPS) is 20.4. The van der Waals surface area contributed by atoms with E-state index in [0.717, 1.165) is 5.56 Å². The zero-order valence-corrected chi connectivity index (χ0v) is 15.2. The van der Waals surface area contributed by atoms with Gasteiger partial charge in [0.2, 0.25) is 0 Å². The molecule has 1 fully saturated rings. The smallest absolute Gasteiger partial charge is 0.410 e. The third kappa shape index (κ3) is 4.63.